The van der Waals surface area contributed by atoms with Gasteiger partial charge in [0, 0.05) is 25.2 Å². The number of hydrogen-bond donors (Lipinski definition) is 3. The summed E-state index contributed by atoms with van der Waals surface area (Å²) in [5.41, 5.74) is 9.30. The number of unbranched alkanes of at least 4 members (excludes halogenated alkanes) is 1. The van der Waals surface area contributed by atoms with Crippen molar-refractivity contribution in [3.63, 3.8) is 0 Å². The molecule has 0 aliphatic carbocycles. The number of alkyl halides is 1. The first-order valence-corrected chi connectivity index (χ1v) is 12.0. The highest BCUT2D eigenvalue weighted by molar-refractivity contribution is 5.77. The highest BCUT2D eigenvalue weighted by atomic mass is 19.1. The van der Waals surface area contributed by atoms with Crippen LogP contribution in [0.3, 0.4) is 0 Å². The number of ether oxygens (including phenoxy) is 1. The topological polar surface area (TPSA) is 112 Å². The van der Waals surface area contributed by atoms with Gasteiger partial charge in [0.05, 0.1) is 12.1 Å². The number of carbonyl (C=O) groups excluding carboxylic acids is 1. The Kier molecular flexibility index (Phi) is 11.6. The quantitative estimate of drug-likeness (QED) is 0.318. The maximum atomic E-state index is 14.6. The minimum atomic E-state index is -1.41. The number of nitrogens with one attached hydrogen (secondary N) is 1. The summed E-state index contributed by atoms with van der Waals surface area (Å²) in [5, 5.41) is 22.1. The van der Waals surface area contributed by atoms with Crippen LogP contribution in [0.15, 0.2) is 35.9 Å². The average Bonchev–Trinajstić information content (AvgIpc) is 2.86. The summed E-state index contributed by atoms with van der Waals surface area (Å²) < 4.78 is 20.5. The number of nitrogens with zero attached hydrogens (tertiary/aromatic N) is 2. The van der Waals surface area contributed by atoms with Crippen molar-refractivity contribution in [2.45, 2.75) is 58.2 Å². The van der Waals surface area contributed by atoms with Crippen LogP contribution in [-0.4, -0.2) is 61.0 Å². The van der Waals surface area contributed by atoms with E-state index in [0.717, 1.165) is 43.4 Å². The molecule has 1 aliphatic heterocycles. The lowest BCUT2D eigenvalue weighted by Gasteiger charge is -2.34. The number of benzene rings is 1. The molecule has 2 rings (SSSR count). The Labute approximate surface area is 202 Å². The number of rotatable bonds is 12. The summed E-state index contributed by atoms with van der Waals surface area (Å²) in [4.78, 5) is 12.9. The zero-order chi connectivity index (χ0) is 24.9. The fraction of sp³-hybridized carbons (Fsp3) is 0.538. The third-order valence-electron chi connectivity index (χ3n) is 5.89. The van der Waals surface area contributed by atoms with Crippen LogP contribution in [0.25, 0.3) is 5.70 Å². The fourth-order valence-electron chi connectivity index (χ4n) is 3.93. The molecule has 7 nitrogen and oxygen atoms in total. The molecule has 2 unspecified atom stereocenters. The van der Waals surface area contributed by atoms with Crippen LogP contribution in [0.5, 0.6) is 5.75 Å². The SMILES string of the molecule is C/C=C\CCC/C(CNCCC)=C(/N)c1ccc(OC2CCN(C(=O)CO)CC2F)c(C#N)c1. The van der Waals surface area contributed by atoms with Gasteiger partial charge in [0.15, 0.2) is 6.17 Å². The number of nitrogens with two attached hydrogens (primary N) is 1. The number of piperidine rings is 1. The smallest absolute Gasteiger partial charge is 0.248 e. The van der Waals surface area contributed by atoms with Gasteiger partial charge in [-0.1, -0.05) is 19.1 Å². The monoisotopic (exact) mass is 472 g/mol. The number of amides is 1. The molecule has 1 aromatic rings. The molecule has 186 valence electrons. The van der Waals surface area contributed by atoms with Gasteiger partial charge in [0.2, 0.25) is 5.91 Å². The Morgan fingerprint density at radius 3 is 2.91 bits per heavy atom. The second-order valence-electron chi connectivity index (χ2n) is 8.44. The minimum absolute atomic E-state index is 0.138. The van der Waals surface area contributed by atoms with E-state index in [2.05, 4.69) is 24.4 Å². The summed E-state index contributed by atoms with van der Waals surface area (Å²) >= 11 is 0. The van der Waals surface area contributed by atoms with Crippen molar-refractivity contribution in [2.24, 2.45) is 5.73 Å². The Morgan fingerprint density at radius 2 is 2.26 bits per heavy atom. The van der Waals surface area contributed by atoms with Crippen LogP contribution >= 0.6 is 0 Å². The Balaban J connectivity index is 2.17. The number of nitriles is 1. The normalized spacial score (nSPS) is 19.1. The molecule has 0 radical (unpaired) electrons. The highest BCUT2D eigenvalue weighted by Crippen LogP contribution is 2.28. The lowest BCUT2D eigenvalue weighted by Crippen LogP contribution is -2.50. The number of likely N-dealkylation sites (tertiary alicyclic amines) is 1. The fourth-order valence-corrected chi connectivity index (χ4v) is 3.93. The molecule has 1 aliphatic rings. The molecule has 2 atom stereocenters. The third kappa shape index (κ3) is 7.86. The molecular weight excluding hydrogens is 435 g/mol. The number of aliphatic hydroxyl groups excluding tert-OH is 1. The zero-order valence-electron chi connectivity index (χ0n) is 20.2. The number of carbonyl (C=O) groups is 1. The first-order chi connectivity index (χ1) is 16.4. The van der Waals surface area contributed by atoms with Gasteiger partial charge in [0.25, 0.3) is 0 Å². The van der Waals surface area contributed by atoms with E-state index in [4.69, 9.17) is 15.6 Å². The molecule has 1 amide bonds. The number of allylic oxidation sites excluding steroid dienone is 2. The molecule has 8 heteroatoms. The van der Waals surface area contributed by atoms with E-state index in [1.807, 2.05) is 13.0 Å². The van der Waals surface area contributed by atoms with Crippen molar-refractivity contribution in [3.05, 3.63) is 47.1 Å². The van der Waals surface area contributed by atoms with Crippen molar-refractivity contribution in [3.8, 4) is 11.8 Å². The van der Waals surface area contributed by atoms with Crippen molar-refractivity contribution in [1.82, 2.24) is 10.2 Å². The standard InChI is InChI=1S/C26H37FN4O3/c1-3-5-6-7-8-20(16-30-12-4-2)26(29)19-9-10-23(21(14-19)15-28)34-24-11-13-31(17-22(24)27)25(33)18-32/h3,5,9-10,14,22,24,30,32H,4,6-8,11-13,16-18,29H2,1-2H3/b5-3-,26-20-. The van der Waals surface area contributed by atoms with Crippen LogP contribution < -0.4 is 15.8 Å². The lowest BCUT2D eigenvalue weighted by atomic mass is 9.99. The predicted octanol–water partition coefficient (Wildman–Crippen LogP) is 3.28. The van der Waals surface area contributed by atoms with Crippen molar-refractivity contribution in [1.29, 1.82) is 5.26 Å². The first kappa shape index (κ1) is 27.4. The van der Waals surface area contributed by atoms with Crippen molar-refractivity contribution < 1.29 is 19.0 Å². The second-order valence-corrected chi connectivity index (χ2v) is 8.44. The van der Waals surface area contributed by atoms with Crippen LogP contribution in [0.1, 0.15) is 57.1 Å². The van der Waals surface area contributed by atoms with E-state index >= 15 is 0 Å². The van der Waals surface area contributed by atoms with Gasteiger partial charge in [-0.25, -0.2) is 4.39 Å². The molecule has 0 aromatic heterocycles. The van der Waals surface area contributed by atoms with E-state index in [1.54, 1.807) is 18.2 Å². The summed E-state index contributed by atoms with van der Waals surface area (Å²) in [7, 11) is 0. The molecule has 1 heterocycles. The molecule has 0 bridgehead atoms. The number of halogens is 1. The second kappa shape index (κ2) is 14.4. The Hall–Kier alpha value is -2.89. The summed E-state index contributed by atoms with van der Waals surface area (Å²) in [6, 6.07) is 7.29. The van der Waals surface area contributed by atoms with E-state index < -0.39 is 24.8 Å². The minimum Gasteiger partial charge on any atom is -0.486 e. The third-order valence-corrected chi connectivity index (χ3v) is 5.89. The predicted molar refractivity (Wildman–Crippen MR) is 132 cm³/mol. The molecule has 0 spiro atoms. The van der Waals surface area contributed by atoms with Gasteiger partial charge in [-0.05, 0) is 68.5 Å². The van der Waals surface area contributed by atoms with E-state index in [0.29, 0.717) is 24.5 Å². The summed E-state index contributed by atoms with van der Waals surface area (Å²) in [6.45, 7) is 5.21. The van der Waals surface area contributed by atoms with Gasteiger partial charge in [-0.3, -0.25) is 4.79 Å². The maximum Gasteiger partial charge on any atom is 0.248 e. The van der Waals surface area contributed by atoms with Gasteiger partial charge in [-0.2, -0.15) is 5.26 Å². The maximum absolute atomic E-state index is 14.6. The highest BCUT2D eigenvalue weighted by Gasteiger charge is 2.33. The molecule has 1 aromatic carbocycles. The molecule has 1 fully saturated rings. The van der Waals surface area contributed by atoms with Gasteiger partial charge < -0.3 is 25.8 Å². The molecular formula is C26H37FN4O3. The number of aliphatic hydroxyl groups is 1. The van der Waals surface area contributed by atoms with Gasteiger partial charge >= 0.3 is 0 Å². The summed E-state index contributed by atoms with van der Waals surface area (Å²) in [5.74, 6) is -0.201. The van der Waals surface area contributed by atoms with E-state index in [-0.39, 0.29) is 18.5 Å². The average molecular weight is 473 g/mol. The van der Waals surface area contributed by atoms with Crippen LogP contribution in [0.2, 0.25) is 0 Å². The largest absolute Gasteiger partial charge is 0.486 e. The van der Waals surface area contributed by atoms with E-state index in [1.165, 1.54) is 4.90 Å². The molecule has 34 heavy (non-hydrogen) atoms. The van der Waals surface area contributed by atoms with Gasteiger partial charge in [0.1, 0.15) is 24.5 Å². The zero-order valence-corrected chi connectivity index (χ0v) is 20.2. The Bertz CT molecular complexity index is 910. The first-order valence-electron chi connectivity index (χ1n) is 12.0. The lowest BCUT2D eigenvalue weighted by molar-refractivity contribution is -0.138. The van der Waals surface area contributed by atoms with Crippen LogP contribution in [0.4, 0.5) is 4.39 Å². The molecule has 4 N–H and O–H groups in total. The van der Waals surface area contributed by atoms with Crippen LogP contribution in [-0.2, 0) is 4.79 Å². The number of hydrogen-bond acceptors (Lipinski definition) is 6. The van der Waals surface area contributed by atoms with Crippen LogP contribution in [0, 0.1) is 11.3 Å². The molecule has 0 saturated carbocycles. The van der Waals surface area contributed by atoms with Gasteiger partial charge in [-0.15, -0.1) is 0 Å². The van der Waals surface area contributed by atoms with Crippen molar-refractivity contribution in [2.75, 3.05) is 32.8 Å². The summed E-state index contributed by atoms with van der Waals surface area (Å²) in [6.07, 6.45) is 6.11. The van der Waals surface area contributed by atoms with E-state index in [9.17, 15) is 14.4 Å². The van der Waals surface area contributed by atoms with Crippen molar-refractivity contribution >= 4 is 11.6 Å². The molecule has 1 saturated heterocycles. The Morgan fingerprint density at radius 1 is 1.47 bits per heavy atom.